The molecule has 0 amide bonds. The number of nitrogens with zero attached hydrogens (tertiary/aromatic N) is 3. The molecule has 4 nitrogen and oxygen atoms in total. The van der Waals surface area contributed by atoms with Crippen LogP contribution in [0.15, 0.2) is 6.33 Å². The molecule has 1 N–H and O–H groups in total. The van der Waals surface area contributed by atoms with Gasteiger partial charge in [-0.2, -0.15) is 5.10 Å². The summed E-state index contributed by atoms with van der Waals surface area (Å²) in [5, 5.41) is 8.21. The second-order valence-electron chi connectivity index (χ2n) is 7.50. The van der Waals surface area contributed by atoms with Crippen LogP contribution in [0.2, 0.25) is 0 Å². The normalized spacial score (nSPS) is 28.9. The molecule has 1 aromatic heterocycles. The molecular weight excluding hydrogens is 260 g/mol. The number of fused-ring (bicyclic) bond motifs is 1. The van der Waals surface area contributed by atoms with Crippen molar-refractivity contribution < 1.29 is 0 Å². The molecule has 21 heavy (non-hydrogen) atoms. The van der Waals surface area contributed by atoms with Gasteiger partial charge in [0, 0.05) is 19.0 Å². The van der Waals surface area contributed by atoms with Gasteiger partial charge < -0.3 is 5.32 Å². The van der Waals surface area contributed by atoms with Crippen molar-refractivity contribution in [3.63, 3.8) is 0 Å². The molecule has 3 atom stereocenters. The first-order chi connectivity index (χ1) is 10.2. The molecule has 2 saturated carbocycles. The largest absolute Gasteiger partial charge is 0.313 e. The summed E-state index contributed by atoms with van der Waals surface area (Å²) in [6.07, 6.45) is 8.33. The van der Waals surface area contributed by atoms with Gasteiger partial charge in [-0.25, -0.2) is 9.67 Å². The Labute approximate surface area is 128 Å². The lowest BCUT2D eigenvalue weighted by atomic mass is 9.91. The van der Waals surface area contributed by atoms with Gasteiger partial charge in [-0.3, -0.25) is 0 Å². The second kappa shape index (κ2) is 6.47. The predicted molar refractivity (Wildman–Crippen MR) is 85.0 cm³/mol. The fourth-order valence-corrected chi connectivity index (χ4v) is 3.97. The Kier molecular flexibility index (Phi) is 4.63. The maximum absolute atomic E-state index is 4.53. The highest BCUT2D eigenvalue weighted by molar-refractivity contribution is 5.02. The maximum Gasteiger partial charge on any atom is 0.138 e. The Balaban J connectivity index is 1.64. The van der Waals surface area contributed by atoms with Gasteiger partial charge in [0.2, 0.25) is 0 Å². The molecular formula is C17H30N4. The van der Waals surface area contributed by atoms with Gasteiger partial charge in [-0.15, -0.1) is 0 Å². The molecule has 118 valence electrons. The number of hydrogen-bond acceptors (Lipinski definition) is 3. The van der Waals surface area contributed by atoms with Crippen molar-refractivity contribution in [1.82, 2.24) is 20.1 Å². The van der Waals surface area contributed by atoms with Crippen molar-refractivity contribution in [1.29, 1.82) is 0 Å². The Morgan fingerprint density at radius 1 is 1.29 bits per heavy atom. The molecule has 4 heteroatoms. The molecule has 0 bridgehead atoms. The quantitative estimate of drug-likeness (QED) is 0.800. The number of hydrogen-bond donors (Lipinski definition) is 1. The first-order valence-corrected chi connectivity index (χ1v) is 8.77. The van der Waals surface area contributed by atoms with E-state index in [0.717, 1.165) is 43.1 Å². The van der Waals surface area contributed by atoms with Crippen LogP contribution in [0.4, 0.5) is 0 Å². The average Bonchev–Trinajstić information content (AvgIpc) is 2.84. The van der Waals surface area contributed by atoms with Crippen LogP contribution in [0.5, 0.6) is 0 Å². The van der Waals surface area contributed by atoms with Crippen LogP contribution in [0.3, 0.4) is 0 Å². The summed E-state index contributed by atoms with van der Waals surface area (Å²) in [6.45, 7) is 8.82. The van der Waals surface area contributed by atoms with E-state index in [-0.39, 0.29) is 0 Å². The zero-order chi connectivity index (χ0) is 14.8. The van der Waals surface area contributed by atoms with Crippen molar-refractivity contribution in [3.05, 3.63) is 12.2 Å². The lowest BCUT2D eigenvalue weighted by molar-refractivity contribution is 0.322. The molecule has 1 heterocycles. The van der Waals surface area contributed by atoms with Crippen LogP contribution in [-0.2, 0) is 13.0 Å². The van der Waals surface area contributed by atoms with Crippen LogP contribution >= 0.6 is 0 Å². The van der Waals surface area contributed by atoms with E-state index in [4.69, 9.17) is 0 Å². The van der Waals surface area contributed by atoms with E-state index >= 15 is 0 Å². The molecule has 0 saturated heterocycles. The third-order valence-corrected chi connectivity index (χ3v) is 5.14. The number of aromatic nitrogens is 3. The summed E-state index contributed by atoms with van der Waals surface area (Å²) >= 11 is 0. The lowest BCUT2D eigenvalue weighted by Crippen LogP contribution is -2.39. The van der Waals surface area contributed by atoms with Crippen molar-refractivity contribution in [2.45, 2.75) is 65.5 Å². The van der Waals surface area contributed by atoms with E-state index in [1.54, 1.807) is 6.33 Å². The van der Waals surface area contributed by atoms with Crippen LogP contribution in [-0.4, -0.2) is 27.4 Å². The standard InChI is InChI=1S/C17H30N4/c1-4-5-18-16(15-7-13-6-14(13)8-15)9-17-19-11-20-21(17)10-12(2)3/h11-16,18H,4-10H2,1-3H3. The van der Waals surface area contributed by atoms with Crippen molar-refractivity contribution >= 4 is 0 Å². The van der Waals surface area contributed by atoms with Crippen LogP contribution < -0.4 is 5.32 Å². The minimum absolute atomic E-state index is 0.591. The van der Waals surface area contributed by atoms with E-state index in [1.165, 1.54) is 25.7 Å². The van der Waals surface area contributed by atoms with Gasteiger partial charge in [-0.1, -0.05) is 20.8 Å². The lowest BCUT2D eigenvalue weighted by Gasteiger charge is -2.26. The van der Waals surface area contributed by atoms with E-state index in [9.17, 15) is 0 Å². The van der Waals surface area contributed by atoms with Gasteiger partial charge in [-0.05, 0) is 55.9 Å². The fraction of sp³-hybridized carbons (Fsp3) is 0.882. The SMILES string of the molecule is CCCNC(Cc1ncnn1CC(C)C)C1CC2CC2C1. The van der Waals surface area contributed by atoms with Gasteiger partial charge >= 0.3 is 0 Å². The maximum atomic E-state index is 4.53. The monoisotopic (exact) mass is 290 g/mol. The first kappa shape index (κ1) is 15.0. The zero-order valence-electron chi connectivity index (χ0n) is 13.8. The molecule has 2 aliphatic carbocycles. The molecule has 2 aliphatic rings. The molecule has 0 radical (unpaired) electrons. The summed E-state index contributed by atoms with van der Waals surface area (Å²) in [6, 6.07) is 0.591. The molecule has 0 aliphatic heterocycles. The van der Waals surface area contributed by atoms with Crippen LogP contribution in [0.1, 0.15) is 52.3 Å². The highest BCUT2D eigenvalue weighted by Gasteiger charge is 2.47. The number of rotatable bonds is 8. The molecule has 0 spiro atoms. The average molecular weight is 290 g/mol. The van der Waals surface area contributed by atoms with Crippen molar-refractivity contribution in [2.24, 2.45) is 23.7 Å². The van der Waals surface area contributed by atoms with Gasteiger partial charge in [0.15, 0.2) is 0 Å². The molecule has 1 aromatic rings. The van der Waals surface area contributed by atoms with Gasteiger partial charge in [0.25, 0.3) is 0 Å². The predicted octanol–water partition coefficient (Wildman–Crippen LogP) is 2.89. The topological polar surface area (TPSA) is 42.7 Å². The van der Waals surface area contributed by atoms with E-state index in [0.29, 0.717) is 12.0 Å². The highest BCUT2D eigenvalue weighted by atomic mass is 15.3. The smallest absolute Gasteiger partial charge is 0.138 e. The van der Waals surface area contributed by atoms with E-state index in [1.807, 2.05) is 0 Å². The molecule has 2 fully saturated rings. The van der Waals surface area contributed by atoms with Gasteiger partial charge in [0.05, 0.1) is 0 Å². The van der Waals surface area contributed by atoms with Crippen molar-refractivity contribution in [2.75, 3.05) is 6.54 Å². The summed E-state index contributed by atoms with van der Waals surface area (Å²) in [7, 11) is 0. The highest BCUT2D eigenvalue weighted by Crippen LogP contribution is 2.55. The molecule has 0 aromatic carbocycles. The summed E-state index contributed by atoms with van der Waals surface area (Å²) in [5.41, 5.74) is 0. The van der Waals surface area contributed by atoms with Crippen molar-refractivity contribution in [3.8, 4) is 0 Å². The minimum Gasteiger partial charge on any atom is -0.313 e. The minimum atomic E-state index is 0.591. The fourth-order valence-electron chi connectivity index (χ4n) is 3.97. The second-order valence-corrected chi connectivity index (χ2v) is 7.50. The summed E-state index contributed by atoms with van der Waals surface area (Å²) in [5.74, 6) is 4.73. The Morgan fingerprint density at radius 3 is 2.71 bits per heavy atom. The molecule has 3 unspecified atom stereocenters. The summed E-state index contributed by atoms with van der Waals surface area (Å²) in [4.78, 5) is 4.53. The zero-order valence-corrected chi connectivity index (χ0v) is 13.8. The molecule has 3 rings (SSSR count). The van der Waals surface area contributed by atoms with E-state index < -0.39 is 0 Å². The van der Waals surface area contributed by atoms with Crippen LogP contribution in [0, 0.1) is 23.7 Å². The third kappa shape index (κ3) is 3.65. The van der Waals surface area contributed by atoms with Crippen LogP contribution in [0.25, 0.3) is 0 Å². The first-order valence-electron chi connectivity index (χ1n) is 8.77. The van der Waals surface area contributed by atoms with Gasteiger partial charge in [0.1, 0.15) is 12.2 Å². The Hall–Kier alpha value is -0.900. The third-order valence-electron chi connectivity index (χ3n) is 5.14. The van der Waals surface area contributed by atoms with E-state index in [2.05, 4.69) is 40.9 Å². The Bertz CT molecular complexity index is 443. The summed E-state index contributed by atoms with van der Waals surface area (Å²) < 4.78 is 2.11. The number of nitrogens with one attached hydrogen (secondary N) is 1. The Morgan fingerprint density at radius 2 is 2.05 bits per heavy atom.